The number of benzene rings is 2. The summed E-state index contributed by atoms with van der Waals surface area (Å²) in [6.07, 6.45) is 0. The van der Waals surface area contributed by atoms with Crippen LogP contribution >= 0.6 is 23.4 Å². The molecule has 2 aromatic carbocycles. The maximum Gasteiger partial charge on any atom is 0.371 e. The van der Waals surface area contributed by atoms with Crippen LogP contribution in [-0.4, -0.2) is 9.85 Å². The smallest absolute Gasteiger partial charge is 0.348 e. The number of rotatable bonds is 2. The lowest BCUT2D eigenvalue weighted by Gasteiger charge is -2.20. The molecule has 7 nitrogen and oxygen atoms in total. The number of hydrogen-bond donors (Lipinski definition) is 1. The highest BCUT2D eigenvalue weighted by Crippen LogP contribution is 2.52. The molecule has 0 radical (unpaired) electrons. The Morgan fingerprint density at radius 3 is 2.38 bits per heavy atom. The van der Waals surface area contributed by atoms with Crippen molar-refractivity contribution in [3.05, 3.63) is 55.6 Å². The van der Waals surface area contributed by atoms with E-state index in [0.29, 0.717) is 10.6 Å². The first-order chi connectivity index (χ1) is 9.99. The lowest BCUT2D eigenvalue weighted by Crippen LogP contribution is -2.06. The fourth-order valence-corrected chi connectivity index (χ4v) is 3.44. The molecule has 0 bridgehead atoms. The number of anilines is 2. The van der Waals surface area contributed by atoms with Gasteiger partial charge in [-0.3, -0.25) is 20.2 Å². The molecule has 3 rings (SSSR count). The van der Waals surface area contributed by atoms with Crippen LogP contribution in [0.3, 0.4) is 0 Å². The Kier molecular flexibility index (Phi) is 3.19. The number of nitro benzene ring substituents is 2. The van der Waals surface area contributed by atoms with Crippen molar-refractivity contribution in [1.29, 1.82) is 0 Å². The molecule has 0 aliphatic carbocycles. The minimum atomic E-state index is -0.840. The predicted molar refractivity (Wildman–Crippen MR) is 78.6 cm³/mol. The van der Waals surface area contributed by atoms with Gasteiger partial charge in [0.15, 0.2) is 0 Å². The van der Waals surface area contributed by atoms with Crippen LogP contribution in [-0.2, 0) is 0 Å². The summed E-state index contributed by atoms with van der Waals surface area (Å²) >= 11 is 7.12. The van der Waals surface area contributed by atoms with E-state index in [9.17, 15) is 20.2 Å². The van der Waals surface area contributed by atoms with Gasteiger partial charge in [-0.15, -0.1) is 0 Å². The molecular weight excluding hydrogens is 318 g/mol. The molecule has 1 aliphatic rings. The molecule has 0 saturated heterocycles. The quantitative estimate of drug-likeness (QED) is 0.555. The SMILES string of the molecule is O=[N+]([O-])c1c(Cl)cc2c(c1[N+](=O)[O-])Nc1ccccc1S2. The number of nitrogens with zero attached hydrogens (tertiary/aromatic N) is 2. The molecule has 0 amide bonds. The summed E-state index contributed by atoms with van der Waals surface area (Å²) in [5.74, 6) is 0. The van der Waals surface area contributed by atoms with Gasteiger partial charge in [-0.1, -0.05) is 35.5 Å². The van der Waals surface area contributed by atoms with Crippen molar-refractivity contribution in [1.82, 2.24) is 0 Å². The summed E-state index contributed by atoms with van der Waals surface area (Å²) in [4.78, 5) is 22.0. The number of hydrogen-bond acceptors (Lipinski definition) is 6. The molecule has 1 N–H and O–H groups in total. The van der Waals surface area contributed by atoms with E-state index in [1.807, 2.05) is 12.1 Å². The molecule has 0 atom stereocenters. The van der Waals surface area contributed by atoms with Crippen molar-refractivity contribution < 1.29 is 9.85 Å². The first kappa shape index (κ1) is 13.7. The molecule has 1 heterocycles. The minimum absolute atomic E-state index is 0.0970. The van der Waals surface area contributed by atoms with E-state index in [4.69, 9.17) is 11.6 Å². The van der Waals surface area contributed by atoms with Crippen LogP contribution < -0.4 is 5.32 Å². The highest BCUT2D eigenvalue weighted by Gasteiger charge is 2.36. The van der Waals surface area contributed by atoms with Crippen molar-refractivity contribution in [2.45, 2.75) is 9.79 Å². The van der Waals surface area contributed by atoms with Crippen LogP contribution in [0.15, 0.2) is 40.1 Å². The minimum Gasteiger partial charge on any atom is -0.348 e. The summed E-state index contributed by atoms with van der Waals surface area (Å²) in [7, 11) is 0. The zero-order valence-electron chi connectivity index (χ0n) is 10.2. The molecule has 2 aromatic rings. The highest BCUT2D eigenvalue weighted by atomic mass is 35.5. The fraction of sp³-hybridized carbons (Fsp3) is 0. The van der Waals surface area contributed by atoms with Crippen LogP contribution in [0.4, 0.5) is 22.7 Å². The van der Waals surface area contributed by atoms with Gasteiger partial charge in [-0.2, -0.15) is 0 Å². The highest BCUT2D eigenvalue weighted by molar-refractivity contribution is 7.99. The zero-order valence-corrected chi connectivity index (χ0v) is 11.8. The largest absolute Gasteiger partial charge is 0.371 e. The fourth-order valence-electron chi connectivity index (χ4n) is 2.07. The molecule has 1 aliphatic heterocycles. The van der Waals surface area contributed by atoms with Crippen molar-refractivity contribution >= 4 is 46.1 Å². The first-order valence-corrected chi connectivity index (χ1v) is 6.87. The molecule has 21 heavy (non-hydrogen) atoms. The van der Waals surface area contributed by atoms with Gasteiger partial charge < -0.3 is 5.32 Å². The maximum absolute atomic E-state index is 11.3. The number of para-hydroxylation sites is 1. The average Bonchev–Trinajstić information content (AvgIpc) is 2.43. The van der Waals surface area contributed by atoms with E-state index in [-0.39, 0.29) is 10.7 Å². The van der Waals surface area contributed by atoms with Gasteiger partial charge in [-0.25, -0.2) is 0 Å². The second-order valence-electron chi connectivity index (χ2n) is 4.17. The number of fused-ring (bicyclic) bond motifs is 2. The Morgan fingerprint density at radius 2 is 1.71 bits per heavy atom. The Bertz CT molecular complexity index is 796. The van der Waals surface area contributed by atoms with Crippen molar-refractivity contribution in [3.63, 3.8) is 0 Å². The van der Waals surface area contributed by atoms with Gasteiger partial charge in [0, 0.05) is 9.79 Å². The van der Waals surface area contributed by atoms with E-state index in [2.05, 4.69) is 5.32 Å². The van der Waals surface area contributed by atoms with E-state index in [0.717, 1.165) is 4.90 Å². The van der Waals surface area contributed by atoms with Crippen LogP contribution in [0.1, 0.15) is 0 Å². The van der Waals surface area contributed by atoms with E-state index in [1.165, 1.54) is 17.8 Å². The summed E-state index contributed by atoms with van der Waals surface area (Å²) in [6, 6.07) is 8.57. The van der Waals surface area contributed by atoms with Crippen LogP contribution in [0.25, 0.3) is 0 Å². The second kappa shape index (κ2) is 4.90. The number of nitro groups is 2. The number of nitrogens with one attached hydrogen (secondary N) is 1. The van der Waals surface area contributed by atoms with E-state index < -0.39 is 21.2 Å². The normalized spacial score (nSPS) is 12.0. The Morgan fingerprint density at radius 1 is 1.05 bits per heavy atom. The topological polar surface area (TPSA) is 98.3 Å². The average molecular weight is 324 g/mol. The van der Waals surface area contributed by atoms with Crippen LogP contribution in [0.2, 0.25) is 5.02 Å². The van der Waals surface area contributed by atoms with Gasteiger partial charge in [0.25, 0.3) is 0 Å². The van der Waals surface area contributed by atoms with Gasteiger partial charge in [-0.05, 0) is 18.2 Å². The molecular formula is C12H6ClN3O4S. The molecule has 0 aromatic heterocycles. The van der Waals surface area contributed by atoms with Gasteiger partial charge in [0.2, 0.25) is 0 Å². The van der Waals surface area contributed by atoms with Crippen molar-refractivity contribution in [2.24, 2.45) is 0 Å². The lowest BCUT2D eigenvalue weighted by molar-refractivity contribution is -0.421. The van der Waals surface area contributed by atoms with Gasteiger partial charge in [0.1, 0.15) is 10.7 Å². The molecule has 0 saturated carbocycles. The zero-order chi connectivity index (χ0) is 15.1. The molecule has 0 unspecified atom stereocenters. The van der Waals surface area contributed by atoms with E-state index >= 15 is 0 Å². The molecule has 0 spiro atoms. The standard InChI is InChI=1S/C12H6ClN3O4S/c13-6-5-9-10(12(16(19)20)11(6)15(17)18)14-7-3-1-2-4-8(7)21-9/h1-5,14H. The number of halogens is 1. The van der Waals surface area contributed by atoms with E-state index in [1.54, 1.807) is 12.1 Å². The molecule has 0 fully saturated rings. The summed E-state index contributed by atoms with van der Waals surface area (Å²) in [5.41, 5.74) is -0.563. The van der Waals surface area contributed by atoms with Gasteiger partial charge in [0.05, 0.1) is 15.5 Å². The first-order valence-electron chi connectivity index (χ1n) is 5.68. The monoisotopic (exact) mass is 323 g/mol. The predicted octanol–water partition coefficient (Wildman–Crippen LogP) is 4.36. The molecule has 9 heteroatoms. The third-order valence-electron chi connectivity index (χ3n) is 2.92. The summed E-state index contributed by atoms with van der Waals surface area (Å²) in [5, 5.41) is 25.0. The van der Waals surface area contributed by atoms with Crippen LogP contribution in [0.5, 0.6) is 0 Å². The van der Waals surface area contributed by atoms with Crippen molar-refractivity contribution in [3.8, 4) is 0 Å². The lowest BCUT2D eigenvalue weighted by atomic mass is 10.2. The Hall–Kier alpha value is -2.32. The Balaban J connectivity index is 2.27. The third kappa shape index (κ3) is 2.18. The van der Waals surface area contributed by atoms with Crippen LogP contribution in [0, 0.1) is 20.2 Å². The maximum atomic E-state index is 11.3. The summed E-state index contributed by atoms with van der Waals surface area (Å²) < 4.78 is 0. The van der Waals surface area contributed by atoms with Gasteiger partial charge >= 0.3 is 11.4 Å². The van der Waals surface area contributed by atoms with Crippen molar-refractivity contribution in [2.75, 3.05) is 5.32 Å². The Labute approximate surface area is 127 Å². The molecule has 106 valence electrons. The summed E-state index contributed by atoms with van der Waals surface area (Å²) in [6.45, 7) is 0. The third-order valence-corrected chi connectivity index (χ3v) is 4.33. The second-order valence-corrected chi connectivity index (χ2v) is 5.66.